The number of para-hydroxylation sites is 2. The third kappa shape index (κ3) is 4.89. The predicted octanol–water partition coefficient (Wildman–Crippen LogP) is 2.60. The standard InChI is InChI=1S/C26H32N4O5/c1-4-12-29-20-7-5-6-8-21(20)30(26(29)33)13-11-24(31)27-14-16-28(17-15-27)25(32)19-9-10-22(34-2)23(18-19)35-3/h5-10,18H,4,11-17H2,1-3H3. The molecule has 0 bridgehead atoms. The Bertz CT molecular complexity index is 1270. The Morgan fingerprint density at radius 2 is 1.43 bits per heavy atom. The van der Waals surface area contributed by atoms with Crippen LogP contribution in [0.4, 0.5) is 0 Å². The minimum atomic E-state index is -0.103. The summed E-state index contributed by atoms with van der Waals surface area (Å²) >= 11 is 0. The van der Waals surface area contributed by atoms with Crippen molar-refractivity contribution in [2.24, 2.45) is 0 Å². The summed E-state index contributed by atoms with van der Waals surface area (Å²) in [6.45, 7) is 4.85. The summed E-state index contributed by atoms with van der Waals surface area (Å²) in [5, 5.41) is 0. The Labute approximate surface area is 204 Å². The van der Waals surface area contributed by atoms with E-state index in [1.54, 1.807) is 44.2 Å². The fourth-order valence-corrected chi connectivity index (χ4v) is 4.60. The van der Waals surface area contributed by atoms with Crippen molar-refractivity contribution in [2.75, 3.05) is 40.4 Å². The fraction of sp³-hybridized carbons (Fsp3) is 0.423. The van der Waals surface area contributed by atoms with Crippen LogP contribution < -0.4 is 15.2 Å². The van der Waals surface area contributed by atoms with Crippen LogP contribution >= 0.6 is 0 Å². The Morgan fingerprint density at radius 1 is 0.829 bits per heavy atom. The maximum absolute atomic E-state index is 13.0. The van der Waals surface area contributed by atoms with Crippen molar-refractivity contribution >= 4 is 22.8 Å². The van der Waals surface area contributed by atoms with Crippen molar-refractivity contribution < 1.29 is 19.1 Å². The highest BCUT2D eigenvalue weighted by atomic mass is 16.5. The van der Waals surface area contributed by atoms with Crippen molar-refractivity contribution in [2.45, 2.75) is 32.9 Å². The number of hydrogen-bond donors (Lipinski definition) is 0. The third-order valence-electron chi connectivity index (χ3n) is 6.47. The zero-order valence-corrected chi connectivity index (χ0v) is 20.5. The topological polar surface area (TPSA) is 86.0 Å². The van der Waals surface area contributed by atoms with Gasteiger partial charge in [0.2, 0.25) is 5.91 Å². The Kier molecular flexibility index (Phi) is 7.43. The van der Waals surface area contributed by atoms with Gasteiger partial charge in [-0.15, -0.1) is 0 Å². The lowest BCUT2D eigenvalue weighted by Crippen LogP contribution is -2.50. The van der Waals surface area contributed by atoms with Gasteiger partial charge in [-0.1, -0.05) is 19.1 Å². The van der Waals surface area contributed by atoms with E-state index < -0.39 is 0 Å². The second kappa shape index (κ2) is 10.7. The largest absolute Gasteiger partial charge is 0.493 e. The average Bonchev–Trinajstić information content (AvgIpc) is 3.17. The van der Waals surface area contributed by atoms with E-state index >= 15 is 0 Å². The minimum Gasteiger partial charge on any atom is -0.493 e. The first-order valence-electron chi connectivity index (χ1n) is 12.0. The molecule has 0 spiro atoms. The molecule has 35 heavy (non-hydrogen) atoms. The number of rotatable bonds is 8. The summed E-state index contributed by atoms with van der Waals surface area (Å²) in [6, 6.07) is 12.8. The Morgan fingerprint density at radius 3 is 2.03 bits per heavy atom. The lowest BCUT2D eigenvalue weighted by Gasteiger charge is -2.35. The van der Waals surface area contributed by atoms with E-state index in [1.807, 2.05) is 31.2 Å². The van der Waals surface area contributed by atoms with E-state index in [0.29, 0.717) is 56.3 Å². The number of hydrogen-bond acceptors (Lipinski definition) is 5. The number of benzene rings is 2. The lowest BCUT2D eigenvalue weighted by molar-refractivity contribution is -0.132. The molecule has 2 heterocycles. The molecule has 9 nitrogen and oxygen atoms in total. The van der Waals surface area contributed by atoms with Gasteiger partial charge >= 0.3 is 5.69 Å². The Balaban J connectivity index is 1.37. The zero-order chi connectivity index (χ0) is 24.9. The van der Waals surface area contributed by atoms with Gasteiger partial charge in [0.25, 0.3) is 5.91 Å². The van der Waals surface area contributed by atoms with Crippen molar-refractivity contribution in [3.05, 3.63) is 58.5 Å². The number of aromatic nitrogens is 2. The van der Waals surface area contributed by atoms with Gasteiger partial charge in [-0.3, -0.25) is 18.7 Å². The second-order valence-electron chi connectivity index (χ2n) is 8.57. The number of aryl methyl sites for hydroxylation is 2. The third-order valence-corrected chi connectivity index (χ3v) is 6.47. The minimum absolute atomic E-state index is 0.0116. The molecule has 1 saturated heterocycles. The van der Waals surface area contributed by atoms with Gasteiger partial charge in [-0.05, 0) is 36.8 Å². The molecule has 3 aromatic rings. The number of fused-ring (bicyclic) bond motifs is 1. The van der Waals surface area contributed by atoms with Gasteiger partial charge in [0.05, 0.1) is 25.3 Å². The number of methoxy groups -OCH3 is 2. The summed E-state index contributed by atoms with van der Waals surface area (Å²) in [6.07, 6.45) is 1.10. The van der Waals surface area contributed by atoms with Crippen molar-refractivity contribution in [3.63, 3.8) is 0 Å². The predicted molar refractivity (Wildman–Crippen MR) is 133 cm³/mol. The van der Waals surface area contributed by atoms with Crippen molar-refractivity contribution in [1.82, 2.24) is 18.9 Å². The van der Waals surface area contributed by atoms with E-state index in [0.717, 1.165) is 17.5 Å². The first kappa shape index (κ1) is 24.4. The number of imidazole rings is 1. The van der Waals surface area contributed by atoms with Crippen LogP contribution in [0.15, 0.2) is 47.3 Å². The first-order chi connectivity index (χ1) is 17.0. The monoisotopic (exact) mass is 480 g/mol. The van der Waals surface area contributed by atoms with Crippen molar-refractivity contribution in [1.29, 1.82) is 0 Å². The molecular formula is C26H32N4O5. The highest BCUT2D eigenvalue weighted by Gasteiger charge is 2.26. The summed E-state index contributed by atoms with van der Waals surface area (Å²) in [5.41, 5.74) is 2.19. The van der Waals surface area contributed by atoms with Crippen LogP contribution in [0.2, 0.25) is 0 Å². The number of ether oxygens (including phenoxy) is 2. The molecule has 4 rings (SSSR count). The van der Waals surface area contributed by atoms with E-state index in [4.69, 9.17) is 9.47 Å². The molecule has 1 aliphatic rings. The molecule has 1 fully saturated rings. The van der Waals surface area contributed by atoms with Crippen molar-refractivity contribution in [3.8, 4) is 11.5 Å². The summed E-state index contributed by atoms with van der Waals surface area (Å²) in [5.74, 6) is 0.954. The maximum atomic E-state index is 13.0. The Hall–Kier alpha value is -3.75. The number of carbonyl (C=O) groups excluding carboxylic acids is 2. The van der Waals surface area contributed by atoms with Crippen LogP contribution in [0.3, 0.4) is 0 Å². The average molecular weight is 481 g/mol. The highest BCUT2D eigenvalue weighted by Crippen LogP contribution is 2.28. The summed E-state index contributed by atoms with van der Waals surface area (Å²) in [4.78, 5) is 42.3. The van der Waals surface area contributed by atoms with E-state index in [9.17, 15) is 14.4 Å². The molecule has 9 heteroatoms. The van der Waals surface area contributed by atoms with Crippen LogP contribution in [-0.2, 0) is 17.9 Å². The number of carbonyl (C=O) groups is 2. The maximum Gasteiger partial charge on any atom is 0.329 e. The molecule has 1 aromatic heterocycles. The lowest BCUT2D eigenvalue weighted by atomic mass is 10.1. The molecule has 0 atom stereocenters. The van der Waals surface area contributed by atoms with Crippen LogP contribution in [0.25, 0.3) is 11.0 Å². The number of amides is 2. The van der Waals surface area contributed by atoms with E-state index in [1.165, 1.54) is 7.11 Å². The SMILES string of the molecule is CCCn1c(=O)n(CCC(=O)N2CCN(C(=O)c3ccc(OC)c(OC)c3)CC2)c2ccccc21. The second-order valence-corrected chi connectivity index (χ2v) is 8.57. The molecule has 186 valence electrons. The van der Waals surface area contributed by atoms with E-state index in [2.05, 4.69) is 0 Å². The van der Waals surface area contributed by atoms with Crippen LogP contribution in [0.5, 0.6) is 11.5 Å². The number of nitrogens with zero attached hydrogens (tertiary/aromatic N) is 4. The summed E-state index contributed by atoms with van der Waals surface area (Å²) in [7, 11) is 3.08. The molecule has 1 aliphatic heterocycles. The summed E-state index contributed by atoms with van der Waals surface area (Å²) < 4.78 is 14.0. The van der Waals surface area contributed by atoms with Gasteiger partial charge in [0.1, 0.15) is 0 Å². The molecule has 0 radical (unpaired) electrons. The van der Waals surface area contributed by atoms with Crippen LogP contribution in [0.1, 0.15) is 30.1 Å². The van der Waals surface area contributed by atoms with E-state index in [-0.39, 0.29) is 23.9 Å². The first-order valence-corrected chi connectivity index (χ1v) is 12.0. The van der Waals surface area contributed by atoms with Gasteiger partial charge in [0.15, 0.2) is 11.5 Å². The molecule has 2 aromatic carbocycles. The molecular weight excluding hydrogens is 448 g/mol. The van der Waals surface area contributed by atoms with Gasteiger partial charge in [-0.25, -0.2) is 4.79 Å². The van der Waals surface area contributed by atoms with Gasteiger partial charge in [0, 0.05) is 51.3 Å². The van der Waals surface area contributed by atoms with Gasteiger partial charge < -0.3 is 19.3 Å². The zero-order valence-electron chi connectivity index (χ0n) is 20.5. The van der Waals surface area contributed by atoms with Gasteiger partial charge in [-0.2, -0.15) is 0 Å². The quantitative estimate of drug-likeness (QED) is 0.495. The van der Waals surface area contributed by atoms with Crippen LogP contribution in [-0.4, -0.2) is 71.1 Å². The number of piperazine rings is 1. The molecule has 2 amide bonds. The smallest absolute Gasteiger partial charge is 0.329 e. The normalized spacial score (nSPS) is 13.8. The molecule has 0 unspecified atom stereocenters. The fourth-order valence-electron chi connectivity index (χ4n) is 4.60. The molecule has 0 N–H and O–H groups in total. The molecule has 0 aliphatic carbocycles. The highest BCUT2D eigenvalue weighted by molar-refractivity contribution is 5.95. The van der Waals surface area contributed by atoms with Crippen LogP contribution in [0, 0.1) is 0 Å². The molecule has 0 saturated carbocycles.